The van der Waals surface area contributed by atoms with Gasteiger partial charge >= 0.3 is 0 Å². The van der Waals surface area contributed by atoms with Crippen LogP contribution in [0.5, 0.6) is 5.75 Å². The summed E-state index contributed by atoms with van der Waals surface area (Å²) >= 11 is 3.43. The van der Waals surface area contributed by atoms with Crippen molar-refractivity contribution in [2.75, 3.05) is 30.3 Å². The molecule has 0 saturated carbocycles. The van der Waals surface area contributed by atoms with E-state index in [0.29, 0.717) is 24.6 Å². The summed E-state index contributed by atoms with van der Waals surface area (Å²) in [6.07, 6.45) is 2.08. The number of benzene rings is 3. The smallest absolute Gasteiger partial charge is 0.244 e. The fourth-order valence-electron chi connectivity index (χ4n) is 4.20. The molecule has 0 radical (unpaired) electrons. The van der Waals surface area contributed by atoms with Crippen LogP contribution in [0.1, 0.15) is 31.4 Å². The summed E-state index contributed by atoms with van der Waals surface area (Å²) in [6, 6.07) is 22.6. The van der Waals surface area contributed by atoms with E-state index >= 15 is 0 Å². The predicted octanol–water partition coefficient (Wildman–Crippen LogP) is 4.78. The van der Waals surface area contributed by atoms with E-state index in [1.54, 1.807) is 24.3 Å². The molecular weight excluding hydrogens is 594 g/mol. The zero-order valence-corrected chi connectivity index (χ0v) is 25.4. The van der Waals surface area contributed by atoms with Gasteiger partial charge in [0.1, 0.15) is 18.3 Å². The van der Waals surface area contributed by atoms with Gasteiger partial charge in [0, 0.05) is 24.0 Å². The molecule has 3 aromatic carbocycles. The lowest BCUT2D eigenvalue weighted by Crippen LogP contribution is -2.53. The van der Waals surface area contributed by atoms with Crippen LogP contribution in [-0.4, -0.2) is 57.1 Å². The van der Waals surface area contributed by atoms with Crippen molar-refractivity contribution in [1.82, 2.24) is 10.2 Å². The van der Waals surface area contributed by atoms with Crippen molar-refractivity contribution in [2.45, 2.75) is 39.3 Å². The lowest BCUT2D eigenvalue weighted by molar-refractivity contribution is -0.140. The molecule has 3 rings (SSSR count). The fourth-order valence-corrected chi connectivity index (χ4v) is 5.31. The van der Waals surface area contributed by atoms with Crippen LogP contribution in [0, 0.1) is 0 Å². The molecule has 0 aliphatic heterocycles. The number of anilines is 1. The molecule has 0 fully saturated rings. The van der Waals surface area contributed by atoms with Crippen molar-refractivity contribution in [3.63, 3.8) is 0 Å². The molecule has 2 amide bonds. The number of halogens is 1. The Kier molecular flexibility index (Phi) is 11.6. The number of nitrogens with one attached hydrogen (secondary N) is 1. The second-order valence-electron chi connectivity index (χ2n) is 9.34. The third kappa shape index (κ3) is 9.09. The Hall–Kier alpha value is -3.37. The SMILES string of the molecule is CCCNC(=O)[C@@H](Cc1ccccc1)N(Cc1ccc(Br)cc1)C(=O)CN(c1ccc(OCC)cc1)S(C)(=O)=O. The number of ether oxygens (including phenoxy) is 1. The highest BCUT2D eigenvalue weighted by atomic mass is 79.9. The highest BCUT2D eigenvalue weighted by Crippen LogP contribution is 2.23. The summed E-state index contributed by atoms with van der Waals surface area (Å²) in [5.74, 6) is -0.184. The van der Waals surface area contributed by atoms with Crippen molar-refractivity contribution in [1.29, 1.82) is 0 Å². The van der Waals surface area contributed by atoms with Crippen LogP contribution in [0.2, 0.25) is 0 Å². The molecule has 0 saturated heterocycles. The highest BCUT2D eigenvalue weighted by molar-refractivity contribution is 9.10. The molecule has 40 heavy (non-hydrogen) atoms. The minimum Gasteiger partial charge on any atom is -0.494 e. The summed E-state index contributed by atoms with van der Waals surface area (Å²) in [6.45, 7) is 4.42. The Morgan fingerprint density at radius 1 is 0.925 bits per heavy atom. The van der Waals surface area contributed by atoms with Gasteiger partial charge in [0.2, 0.25) is 21.8 Å². The van der Waals surface area contributed by atoms with Crippen LogP contribution in [0.3, 0.4) is 0 Å². The van der Waals surface area contributed by atoms with E-state index in [-0.39, 0.29) is 18.9 Å². The minimum absolute atomic E-state index is 0.129. The lowest BCUT2D eigenvalue weighted by Gasteiger charge is -2.33. The van der Waals surface area contributed by atoms with Gasteiger partial charge in [-0.25, -0.2) is 8.42 Å². The maximum absolute atomic E-state index is 14.0. The zero-order chi connectivity index (χ0) is 29.1. The van der Waals surface area contributed by atoms with E-state index in [1.165, 1.54) is 4.90 Å². The molecule has 0 aliphatic carbocycles. The van der Waals surface area contributed by atoms with Gasteiger partial charge in [-0.3, -0.25) is 13.9 Å². The first kappa shape index (κ1) is 31.2. The number of rotatable bonds is 14. The first-order chi connectivity index (χ1) is 19.1. The second kappa shape index (κ2) is 14.9. The molecular formula is C30H36BrN3O5S. The minimum atomic E-state index is -3.83. The number of sulfonamides is 1. The Labute approximate surface area is 245 Å². The molecule has 10 heteroatoms. The number of amides is 2. The average Bonchev–Trinajstić information content (AvgIpc) is 2.94. The second-order valence-corrected chi connectivity index (χ2v) is 12.2. The van der Waals surface area contributed by atoms with Gasteiger partial charge in [-0.2, -0.15) is 0 Å². The maximum Gasteiger partial charge on any atom is 0.244 e. The van der Waals surface area contributed by atoms with Gasteiger partial charge in [0.15, 0.2) is 0 Å². The van der Waals surface area contributed by atoms with E-state index in [2.05, 4.69) is 21.2 Å². The van der Waals surface area contributed by atoms with E-state index in [0.717, 1.165) is 32.6 Å². The van der Waals surface area contributed by atoms with Gasteiger partial charge < -0.3 is 15.0 Å². The molecule has 0 spiro atoms. The van der Waals surface area contributed by atoms with Gasteiger partial charge in [-0.15, -0.1) is 0 Å². The zero-order valence-electron chi connectivity index (χ0n) is 23.0. The number of carbonyl (C=O) groups excluding carboxylic acids is 2. The first-order valence-corrected chi connectivity index (χ1v) is 15.8. The molecule has 8 nitrogen and oxygen atoms in total. The Morgan fingerprint density at radius 3 is 2.15 bits per heavy atom. The maximum atomic E-state index is 14.0. The lowest BCUT2D eigenvalue weighted by atomic mass is 10.0. The van der Waals surface area contributed by atoms with Gasteiger partial charge in [0.05, 0.1) is 18.6 Å². The summed E-state index contributed by atoms with van der Waals surface area (Å²) < 4.78 is 33.2. The van der Waals surface area contributed by atoms with Crippen molar-refractivity contribution in [3.05, 3.63) is 94.5 Å². The van der Waals surface area contributed by atoms with Crippen LogP contribution < -0.4 is 14.4 Å². The highest BCUT2D eigenvalue weighted by Gasteiger charge is 2.33. The molecule has 0 unspecified atom stereocenters. The number of hydrogen-bond acceptors (Lipinski definition) is 5. The Morgan fingerprint density at radius 2 is 1.57 bits per heavy atom. The average molecular weight is 631 g/mol. The van der Waals surface area contributed by atoms with Crippen LogP contribution in [0.25, 0.3) is 0 Å². The van der Waals surface area contributed by atoms with Crippen molar-refractivity contribution in [2.24, 2.45) is 0 Å². The van der Waals surface area contributed by atoms with Gasteiger partial charge in [-0.05, 0) is 60.9 Å². The summed E-state index contributed by atoms with van der Waals surface area (Å²) in [5.41, 5.74) is 2.03. The van der Waals surface area contributed by atoms with E-state index < -0.39 is 28.5 Å². The molecule has 1 atom stereocenters. The molecule has 1 N–H and O–H groups in total. The molecule has 0 aromatic heterocycles. The molecule has 214 valence electrons. The Bertz CT molecular complexity index is 1350. The first-order valence-electron chi connectivity index (χ1n) is 13.2. The standard InChI is InChI=1S/C30H36BrN3O5S/c1-4-19-32-30(36)28(20-23-9-7-6-8-10-23)33(21-24-11-13-25(31)14-12-24)29(35)22-34(40(3,37)38)26-15-17-27(18-16-26)39-5-2/h6-18,28H,4-5,19-22H2,1-3H3,(H,32,36)/t28-/m1/s1. The van der Waals surface area contributed by atoms with Crippen molar-refractivity contribution in [3.8, 4) is 5.75 Å². The summed E-state index contributed by atoms with van der Waals surface area (Å²) in [4.78, 5) is 29.0. The van der Waals surface area contributed by atoms with Crippen LogP contribution in [-0.2, 0) is 32.6 Å². The van der Waals surface area contributed by atoms with Crippen molar-refractivity contribution < 1.29 is 22.7 Å². The van der Waals surface area contributed by atoms with Crippen molar-refractivity contribution >= 4 is 43.5 Å². The van der Waals surface area contributed by atoms with E-state index in [9.17, 15) is 18.0 Å². The number of carbonyl (C=O) groups is 2. The third-order valence-corrected chi connectivity index (χ3v) is 7.87. The normalized spacial score (nSPS) is 11.9. The van der Waals surface area contributed by atoms with Crippen LogP contribution >= 0.6 is 15.9 Å². The van der Waals surface area contributed by atoms with Gasteiger partial charge in [-0.1, -0.05) is 65.3 Å². The summed E-state index contributed by atoms with van der Waals surface area (Å²) in [7, 11) is -3.83. The fraction of sp³-hybridized carbons (Fsp3) is 0.333. The molecule has 0 heterocycles. The largest absolute Gasteiger partial charge is 0.494 e. The molecule has 0 aliphatic rings. The topological polar surface area (TPSA) is 96.0 Å². The monoisotopic (exact) mass is 629 g/mol. The third-order valence-electron chi connectivity index (χ3n) is 6.20. The summed E-state index contributed by atoms with van der Waals surface area (Å²) in [5, 5.41) is 2.93. The van der Waals surface area contributed by atoms with E-state index in [4.69, 9.17) is 4.74 Å². The van der Waals surface area contributed by atoms with Crippen LogP contribution in [0.15, 0.2) is 83.3 Å². The molecule has 3 aromatic rings. The number of nitrogens with zero attached hydrogens (tertiary/aromatic N) is 2. The predicted molar refractivity (Wildman–Crippen MR) is 162 cm³/mol. The van der Waals surface area contributed by atoms with E-state index in [1.807, 2.05) is 68.4 Å². The van der Waals surface area contributed by atoms with Gasteiger partial charge in [0.25, 0.3) is 0 Å². The Balaban J connectivity index is 2.01. The number of hydrogen-bond donors (Lipinski definition) is 1. The molecule has 0 bridgehead atoms. The van der Waals surface area contributed by atoms with Crippen LogP contribution in [0.4, 0.5) is 5.69 Å². The quantitative estimate of drug-likeness (QED) is 0.277.